The van der Waals surface area contributed by atoms with Gasteiger partial charge in [-0.2, -0.15) is 0 Å². The van der Waals surface area contributed by atoms with Crippen LogP contribution in [0.4, 0.5) is 14.5 Å². The number of thiazole rings is 1. The number of carbonyl (C=O) groups is 1. The monoisotopic (exact) mass is 548 g/mol. The Bertz CT molecular complexity index is 1790. The summed E-state index contributed by atoms with van der Waals surface area (Å²) in [6.45, 7) is 2.02. The van der Waals surface area contributed by atoms with Crippen LogP contribution >= 0.6 is 23.6 Å². The molecular formula is C28H22F2N4O2S2. The van der Waals surface area contributed by atoms with E-state index < -0.39 is 0 Å². The molecule has 0 unspecified atom stereocenters. The Morgan fingerprint density at radius 2 is 1.50 bits per heavy atom. The van der Waals surface area contributed by atoms with Crippen LogP contribution in [0, 0.1) is 15.6 Å². The maximum atomic E-state index is 13.7. The summed E-state index contributed by atoms with van der Waals surface area (Å²) in [5.74, 6) is -0.827. The van der Waals surface area contributed by atoms with E-state index in [1.165, 1.54) is 40.2 Å². The van der Waals surface area contributed by atoms with Gasteiger partial charge in [-0.05, 0) is 66.3 Å². The van der Waals surface area contributed by atoms with Gasteiger partial charge < -0.3 is 9.80 Å². The van der Waals surface area contributed by atoms with Crippen LogP contribution in [0.3, 0.4) is 0 Å². The lowest BCUT2D eigenvalue weighted by Gasteiger charge is -2.36. The average Bonchev–Trinajstić information content (AvgIpc) is 3.29. The topological polar surface area (TPSA) is 50.0 Å². The van der Waals surface area contributed by atoms with Crippen molar-refractivity contribution in [3.05, 3.63) is 98.7 Å². The fourth-order valence-corrected chi connectivity index (χ4v) is 6.38. The number of rotatable bonds is 4. The molecule has 38 heavy (non-hydrogen) atoms. The van der Waals surface area contributed by atoms with Crippen LogP contribution in [0.2, 0.25) is 0 Å². The lowest BCUT2D eigenvalue weighted by Crippen LogP contribution is -2.50. The molecule has 2 aromatic heterocycles. The first kappa shape index (κ1) is 24.4. The fourth-order valence-electron chi connectivity index (χ4n) is 4.95. The zero-order valence-electron chi connectivity index (χ0n) is 20.1. The minimum Gasteiger partial charge on any atom is -0.368 e. The van der Waals surface area contributed by atoms with E-state index in [0.717, 1.165) is 5.69 Å². The second-order valence-corrected chi connectivity index (χ2v) is 10.8. The summed E-state index contributed by atoms with van der Waals surface area (Å²) in [7, 11) is 0. The molecular weight excluding hydrogens is 526 g/mol. The number of carbonyl (C=O) groups excluding carboxylic acids is 1. The SMILES string of the molecule is O=C(Cn1c(=O)c2ccccc2n2c(=S)sc(-c3ccc(F)cc3)c12)N1CCN(c2ccc(F)cc2)CC1. The number of nitrogens with zero attached hydrogens (tertiary/aromatic N) is 4. The molecule has 0 radical (unpaired) electrons. The number of aromatic nitrogens is 2. The van der Waals surface area contributed by atoms with Crippen molar-refractivity contribution >= 4 is 51.7 Å². The molecule has 0 bridgehead atoms. The van der Waals surface area contributed by atoms with Gasteiger partial charge in [-0.3, -0.25) is 18.6 Å². The molecule has 0 saturated carbocycles. The summed E-state index contributed by atoms with van der Waals surface area (Å²) in [5, 5.41) is 0.466. The molecule has 6 rings (SSSR count). The number of amides is 1. The first-order valence-corrected chi connectivity index (χ1v) is 13.3. The highest BCUT2D eigenvalue weighted by molar-refractivity contribution is 7.73. The van der Waals surface area contributed by atoms with Crippen LogP contribution in [-0.4, -0.2) is 46.0 Å². The van der Waals surface area contributed by atoms with Gasteiger partial charge in [0.1, 0.15) is 23.8 Å². The number of para-hydroxylation sites is 1. The minimum atomic E-state index is -0.362. The van der Waals surface area contributed by atoms with Crippen LogP contribution in [-0.2, 0) is 11.3 Å². The Hall–Kier alpha value is -3.89. The molecule has 0 N–H and O–H groups in total. The highest BCUT2D eigenvalue weighted by atomic mass is 32.1. The largest absolute Gasteiger partial charge is 0.368 e. The molecule has 192 valence electrons. The van der Waals surface area contributed by atoms with Gasteiger partial charge in [0.25, 0.3) is 5.56 Å². The number of benzene rings is 3. The first-order chi connectivity index (χ1) is 18.4. The molecule has 0 aliphatic carbocycles. The Kier molecular flexibility index (Phi) is 6.29. The molecule has 5 aromatic rings. The van der Waals surface area contributed by atoms with E-state index in [2.05, 4.69) is 4.90 Å². The van der Waals surface area contributed by atoms with Crippen molar-refractivity contribution in [3.63, 3.8) is 0 Å². The van der Waals surface area contributed by atoms with Gasteiger partial charge >= 0.3 is 0 Å². The van der Waals surface area contributed by atoms with Crippen molar-refractivity contribution in [2.24, 2.45) is 0 Å². The van der Waals surface area contributed by atoms with Crippen LogP contribution in [0.25, 0.3) is 27.0 Å². The van der Waals surface area contributed by atoms with Gasteiger partial charge in [-0.25, -0.2) is 8.78 Å². The quantitative estimate of drug-likeness (QED) is 0.285. The van der Waals surface area contributed by atoms with E-state index in [9.17, 15) is 18.4 Å². The van der Waals surface area contributed by atoms with Gasteiger partial charge in [0.15, 0.2) is 3.95 Å². The van der Waals surface area contributed by atoms with E-state index in [-0.39, 0.29) is 29.6 Å². The smallest absolute Gasteiger partial charge is 0.262 e. The second-order valence-electron chi connectivity index (χ2n) is 9.12. The molecule has 3 aromatic carbocycles. The zero-order valence-corrected chi connectivity index (χ0v) is 21.8. The average molecular weight is 549 g/mol. The Balaban J connectivity index is 1.38. The molecule has 1 aliphatic heterocycles. The molecule has 3 heterocycles. The number of anilines is 1. The van der Waals surface area contributed by atoms with Gasteiger partial charge in [0, 0.05) is 31.9 Å². The first-order valence-electron chi connectivity index (χ1n) is 12.1. The summed E-state index contributed by atoms with van der Waals surface area (Å²) >= 11 is 7.03. The van der Waals surface area contributed by atoms with Crippen molar-refractivity contribution in [1.82, 2.24) is 13.9 Å². The van der Waals surface area contributed by atoms with Crippen LogP contribution in [0.15, 0.2) is 77.6 Å². The third kappa shape index (κ3) is 4.29. The van der Waals surface area contributed by atoms with Crippen molar-refractivity contribution in [3.8, 4) is 10.4 Å². The van der Waals surface area contributed by atoms with E-state index in [4.69, 9.17) is 12.2 Å². The highest BCUT2D eigenvalue weighted by Crippen LogP contribution is 2.33. The van der Waals surface area contributed by atoms with Crippen LogP contribution in [0.5, 0.6) is 0 Å². The maximum Gasteiger partial charge on any atom is 0.262 e. The molecule has 1 saturated heterocycles. The Labute approximate surface area is 225 Å². The fraction of sp³-hybridized carbons (Fsp3) is 0.179. The second kappa shape index (κ2) is 9.77. The summed E-state index contributed by atoms with van der Waals surface area (Å²) < 4.78 is 30.8. The summed E-state index contributed by atoms with van der Waals surface area (Å²) in [4.78, 5) is 31.8. The molecule has 0 atom stereocenters. The third-order valence-corrected chi connectivity index (χ3v) is 8.30. The maximum absolute atomic E-state index is 13.7. The van der Waals surface area contributed by atoms with Crippen molar-refractivity contribution in [2.45, 2.75) is 6.54 Å². The summed E-state index contributed by atoms with van der Waals surface area (Å²) in [6.07, 6.45) is 0. The molecule has 6 nitrogen and oxygen atoms in total. The predicted octanol–water partition coefficient (Wildman–Crippen LogP) is 5.34. The van der Waals surface area contributed by atoms with E-state index in [0.29, 0.717) is 57.1 Å². The number of fused-ring (bicyclic) bond motifs is 3. The van der Waals surface area contributed by atoms with E-state index in [1.807, 2.05) is 16.5 Å². The number of hydrogen-bond acceptors (Lipinski definition) is 5. The number of halogens is 2. The lowest BCUT2D eigenvalue weighted by molar-refractivity contribution is -0.132. The normalized spacial score (nSPS) is 13.9. The number of piperazine rings is 1. The standard InChI is InChI=1S/C28H22F2N4O2S2/c29-19-7-5-18(6-8-19)25-26-33(27(36)22-3-1-2-4-23(22)34(26)28(37)38-25)17-24(35)32-15-13-31(14-16-32)21-11-9-20(30)10-12-21/h1-12H,13-17H2. The Morgan fingerprint density at radius 3 is 2.18 bits per heavy atom. The Morgan fingerprint density at radius 1 is 0.868 bits per heavy atom. The summed E-state index contributed by atoms with van der Waals surface area (Å²) in [5.41, 5.74) is 2.53. The number of hydrogen-bond donors (Lipinski definition) is 0. The zero-order chi connectivity index (χ0) is 26.4. The third-order valence-electron chi connectivity index (χ3n) is 6.89. The van der Waals surface area contributed by atoms with Crippen LogP contribution < -0.4 is 10.5 Å². The van der Waals surface area contributed by atoms with Gasteiger partial charge in [-0.15, -0.1) is 11.3 Å². The van der Waals surface area contributed by atoms with Crippen LogP contribution in [0.1, 0.15) is 0 Å². The molecule has 1 aliphatic rings. The van der Waals surface area contributed by atoms with Gasteiger partial charge in [0.2, 0.25) is 5.91 Å². The minimum absolute atomic E-state index is 0.149. The van der Waals surface area contributed by atoms with Crippen molar-refractivity contribution < 1.29 is 13.6 Å². The molecule has 10 heteroatoms. The van der Waals surface area contributed by atoms with E-state index >= 15 is 0 Å². The lowest BCUT2D eigenvalue weighted by atomic mass is 10.2. The molecule has 0 spiro atoms. The van der Waals surface area contributed by atoms with E-state index in [1.54, 1.807) is 41.3 Å². The molecule has 1 fully saturated rings. The van der Waals surface area contributed by atoms with Gasteiger partial charge in [-0.1, -0.05) is 24.3 Å². The van der Waals surface area contributed by atoms with Crippen molar-refractivity contribution in [2.75, 3.05) is 31.1 Å². The highest BCUT2D eigenvalue weighted by Gasteiger charge is 2.25. The summed E-state index contributed by atoms with van der Waals surface area (Å²) in [6, 6.07) is 19.5. The van der Waals surface area contributed by atoms with Crippen molar-refractivity contribution in [1.29, 1.82) is 0 Å². The van der Waals surface area contributed by atoms with Gasteiger partial charge in [0.05, 0.1) is 15.8 Å². The predicted molar refractivity (Wildman–Crippen MR) is 148 cm³/mol. The molecule has 1 amide bonds.